The van der Waals surface area contributed by atoms with Gasteiger partial charge in [-0.1, -0.05) is 12.5 Å². The Bertz CT molecular complexity index is 1010. The number of hydrogen-bond acceptors (Lipinski definition) is 4. The maximum Gasteiger partial charge on any atom is 0.416 e. The number of nitrogens with zero attached hydrogens (tertiary/aromatic N) is 1. The Morgan fingerprint density at radius 2 is 1.80 bits per heavy atom. The normalized spacial score (nSPS) is 18.1. The number of alkyl halides is 3. The number of hydrogen-bond donors (Lipinski definition) is 2. The average molecular weight is 441 g/mol. The van der Waals surface area contributed by atoms with Crippen molar-refractivity contribution in [2.75, 3.05) is 12.0 Å². The zero-order chi connectivity index (χ0) is 21.9. The second-order valence-electron chi connectivity index (χ2n) is 7.14. The van der Waals surface area contributed by atoms with Crippen LogP contribution in [0.5, 0.6) is 0 Å². The third kappa shape index (κ3) is 4.93. The Kier molecular flexibility index (Phi) is 6.37. The summed E-state index contributed by atoms with van der Waals surface area (Å²) in [5, 5.41) is 0. The number of carbonyl (C=O) groups is 1. The quantitative estimate of drug-likeness (QED) is 0.687. The van der Waals surface area contributed by atoms with Gasteiger partial charge in [-0.05, 0) is 62.2 Å². The monoisotopic (exact) mass is 441 g/mol. The van der Waals surface area contributed by atoms with Crippen molar-refractivity contribution in [3.8, 4) is 0 Å². The van der Waals surface area contributed by atoms with Crippen LogP contribution in [0.2, 0.25) is 0 Å². The summed E-state index contributed by atoms with van der Waals surface area (Å²) >= 11 is 0. The highest BCUT2D eigenvalue weighted by Crippen LogP contribution is 2.30. The largest absolute Gasteiger partial charge is 0.416 e. The van der Waals surface area contributed by atoms with Crippen LogP contribution >= 0.6 is 0 Å². The Morgan fingerprint density at radius 3 is 2.43 bits per heavy atom. The van der Waals surface area contributed by atoms with Crippen molar-refractivity contribution in [3.05, 3.63) is 59.7 Å². The third-order valence-electron chi connectivity index (χ3n) is 4.98. The van der Waals surface area contributed by atoms with Crippen LogP contribution in [0.25, 0.3) is 0 Å². The smallest absolute Gasteiger partial charge is 0.298 e. The number of nitrogens with one attached hydrogen (secondary N) is 2. The highest BCUT2D eigenvalue weighted by Gasteiger charge is 2.31. The molecule has 162 valence electrons. The number of amides is 1. The van der Waals surface area contributed by atoms with Crippen molar-refractivity contribution >= 4 is 21.6 Å². The summed E-state index contributed by atoms with van der Waals surface area (Å²) in [6.07, 6.45) is -1.88. The van der Waals surface area contributed by atoms with E-state index in [9.17, 15) is 26.4 Å². The van der Waals surface area contributed by atoms with Gasteiger partial charge in [0.25, 0.3) is 5.91 Å². The molecule has 3 rings (SSSR count). The molecule has 1 aliphatic rings. The molecule has 0 bridgehead atoms. The topological polar surface area (TPSA) is 78.5 Å². The first-order valence-electron chi connectivity index (χ1n) is 9.44. The fraction of sp³-hybridized carbons (Fsp3) is 0.350. The van der Waals surface area contributed by atoms with Gasteiger partial charge >= 0.3 is 6.18 Å². The van der Waals surface area contributed by atoms with Crippen LogP contribution in [-0.4, -0.2) is 31.2 Å². The van der Waals surface area contributed by atoms with Crippen molar-refractivity contribution in [1.82, 2.24) is 9.73 Å². The summed E-state index contributed by atoms with van der Waals surface area (Å²) in [5.74, 6) is -0.609. The molecule has 2 N–H and O–H groups in total. The minimum Gasteiger partial charge on any atom is -0.298 e. The van der Waals surface area contributed by atoms with Gasteiger partial charge in [0.2, 0.25) is 10.0 Å². The average Bonchev–Trinajstić information content (AvgIpc) is 2.72. The van der Waals surface area contributed by atoms with E-state index in [1.807, 2.05) is 6.92 Å². The van der Waals surface area contributed by atoms with E-state index >= 15 is 0 Å². The number of hydrazine groups is 1. The summed E-state index contributed by atoms with van der Waals surface area (Å²) in [5.41, 5.74) is 4.13. The summed E-state index contributed by atoms with van der Waals surface area (Å²) in [4.78, 5) is 12.4. The van der Waals surface area contributed by atoms with Gasteiger partial charge in [-0.3, -0.25) is 15.6 Å². The van der Waals surface area contributed by atoms with Crippen LogP contribution in [0.3, 0.4) is 0 Å². The Labute approximate surface area is 173 Å². The van der Waals surface area contributed by atoms with Gasteiger partial charge in [-0.2, -0.15) is 17.5 Å². The van der Waals surface area contributed by atoms with Gasteiger partial charge in [-0.15, -0.1) is 0 Å². The third-order valence-corrected chi connectivity index (χ3v) is 7.00. The second kappa shape index (κ2) is 8.65. The molecular formula is C20H22F3N3O3S. The SMILES string of the molecule is CC1CCCCN1S(=O)(=O)c1ccc(C(=O)NNc2cccc(C(F)(F)F)c2)cc1. The van der Waals surface area contributed by atoms with Gasteiger partial charge in [0.15, 0.2) is 0 Å². The lowest BCUT2D eigenvalue weighted by molar-refractivity contribution is -0.137. The van der Waals surface area contributed by atoms with E-state index < -0.39 is 27.7 Å². The Hall–Kier alpha value is -2.59. The van der Waals surface area contributed by atoms with E-state index in [0.717, 1.165) is 31.4 Å². The van der Waals surface area contributed by atoms with Crippen LogP contribution < -0.4 is 10.9 Å². The Morgan fingerprint density at radius 1 is 1.10 bits per heavy atom. The first kappa shape index (κ1) is 22.1. The lowest BCUT2D eigenvalue weighted by Gasteiger charge is -2.32. The first-order chi connectivity index (χ1) is 14.1. The van der Waals surface area contributed by atoms with Crippen LogP contribution in [0.1, 0.15) is 42.1 Å². The van der Waals surface area contributed by atoms with Crippen molar-refractivity contribution in [3.63, 3.8) is 0 Å². The predicted molar refractivity (Wildman–Crippen MR) is 106 cm³/mol. The van der Waals surface area contributed by atoms with Crippen molar-refractivity contribution in [1.29, 1.82) is 0 Å². The van der Waals surface area contributed by atoms with Gasteiger partial charge in [-0.25, -0.2) is 8.42 Å². The zero-order valence-electron chi connectivity index (χ0n) is 16.2. The number of halogens is 3. The van der Waals surface area contributed by atoms with Gasteiger partial charge in [0, 0.05) is 18.2 Å². The summed E-state index contributed by atoms with van der Waals surface area (Å²) in [6, 6.07) is 9.76. The molecule has 0 spiro atoms. The summed E-state index contributed by atoms with van der Waals surface area (Å²) in [7, 11) is -3.65. The number of carbonyl (C=O) groups excluding carboxylic acids is 1. The van der Waals surface area contributed by atoms with Gasteiger partial charge < -0.3 is 0 Å². The van der Waals surface area contributed by atoms with Gasteiger partial charge in [0.1, 0.15) is 0 Å². The van der Waals surface area contributed by atoms with E-state index in [4.69, 9.17) is 0 Å². The minimum atomic E-state index is -4.49. The molecule has 30 heavy (non-hydrogen) atoms. The number of piperidine rings is 1. The Balaban J connectivity index is 1.67. The van der Waals surface area contributed by atoms with E-state index in [2.05, 4.69) is 10.9 Å². The molecule has 10 heteroatoms. The van der Waals surface area contributed by atoms with Crippen molar-refractivity contribution in [2.24, 2.45) is 0 Å². The molecule has 1 aliphatic heterocycles. The molecule has 6 nitrogen and oxygen atoms in total. The van der Waals surface area contributed by atoms with Crippen molar-refractivity contribution < 1.29 is 26.4 Å². The molecule has 0 aromatic heterocycles. The highest BCUT2D eigenvalue weighted by atomic mass is 32.2. The number of rotatable bonds is 5. The van der Waals surface area contributed by atoms with Crippen LogP contribution in [0, 0.1) is 0 Å². The maximum atomic E-state index is 12.8. The summed E-state index contributed by atoms with van der Waals surface area (Å²) < 4.78 is 65.4. The molecule has 0 aliphatic carbocycles. The molecule has 1 atom stereocenters. The predicted octanol–water partition coefficient (Wildman–Crippen LogP) is 4.03. The van der Waals surface area contributed by atoms with Crippen LogP contribution in [0.4, 0.5) is 18.9 Å². The molecule has 1 unspecified atom stereocenters. The fourth-order valence-electron chi connectivity index (χ4n) is 3.32. The number of sulfonamides is 1. The first-order valence-corrected chi connectivity index (χ1v) is 10.9. The van der Waals surface area contributed by atoms with E-state index in [1.54, 1.807) is 0 Å². The second-order valence-corrected chi connectivity index (χ2v) is 9.03. The lowest BCUT2D eigenvalue weighted by atomic mass is 10.1. The van der Waals surface area contributed by atoms with E-state index in [1.165, 1.54) is 40.7 Å². The van der Waals surface area contributed by atoms with Crippen LogP contribution in [0.15, 0.2) is 53.4 Å². The molecule has 1 heterocycles. The summed E-state index contributed by atoms with van der Waals surface area (Å²) in [6.45, 7) is 2.34. The minimum absolute atomic E-state index is 0.0662. The molecule has 1 amide bonds. The van der Waals surface area contributed by atoms with Gasteiger partial charge in [0.05, 0.1) is 16.1 Å². The zero-order valence-corrected chi connectivity index (χ0v) is 17.1. The standard InChI is InChI=1S/C20H22F3N3O3S/c1-14-5-2-3-12-26(14)30(28,29)18-10-8-15(9-11-18)19(27)25-24-17-7-4-6-16(13-17)20(21,22)23/h4,6-11,13-14,24H,2-3,5,12H2,1H3,(H,25,27). The molecule has 2 aromatic carbocycles. The molecule has 0 radical (unpaired) electrons. The molecule has 1 saturated heterocycles. The van der Waals surface area contributed by atoms with E-state index in [0.29, 0.717) is 6.54 Å². The molecule has 1 fully saturated rings. The highest BCUT2D eigenvalue weighted by molar-refractivity contribution is 7.89. The fourth-order valence-corrected chi connectivity index (χ4v) is 5.02. The molecule has 2 aromatic rings. The number of benzene rings is 2. The number of anilines is 1. The van der Waals surface area contributed by atoms with Crippen LogP contribution in [-0.2, 0) is 16.2 Å². The maximum absolute atomic E-state index is 12.8. The lowest BCUT2D eigenvalue weighted by Crippen LogP contribution is -2.41. The molecular weight excluding hydrogens is 419 g/mol. The van der Waals surface area contributed by atoms with Crippen molar-refractivity contribution in [2.45, 2.75) is 43.3 Å². The molecule has 0 saturated carbocycles. The van der Waals surface area contributed by atoms with E-state index in [-0.39, 0.29) is 22.2 Å².